The van der Waals surface area contributed by atoms with Crippen molar-refractivity contribution in [3.63, 3.8) is 0 Å². The van der Waals surface area contributed by atoms with E-state index >= 15 is 0 Å². The molecule has 80 valence electrons. The average molecular weight is 207 g/mol. The smallest absolute Gasteiger partial charge is 0.326 e. The summed E-state index contributed by atoms with van der Waals surface area (Å²) in [5.41, 5.74) is -0.327. The summed E-state index contributed by atoms with van der Waals surface area (Å²) >= 11 is 0. The molecule has 0 saturated heterocycles. The van der Waals surface area contributed by atoms with E-state index in [4.69, 9.17) is 14.4 Å². The van der Waals surface area contributed by atoms with E-state index in [1.807, 2.05) is 6.07 Å². The van der Waals surface area contributed by atoms with Gasteiger partial charge in [-0.2, -0.15) is 5.26 Å². The Morgan fingerprint density at radius 3 is 2.93 bits per heavy atom. The van der Waals surface area contributed by atoms with Crippen LogP contribution in [-0.2, 0) is 16.0 Å². The maximum atomic E-state index is 11.5. The first-order valence-electron chi connectivity index (χ1n) is 4.72. The van der Waals surface area contributed by atoms with Crippen molar-refractivity contribution in [3.05, 3.63) is 24.2 Å². The average Bonchev–Trinajstić information content (AvgIpc) is 2.70. The van der Waals surface area contributed by atoms with Gasteiger partial charge in [0.15, 0.2) is 5.41 Å². The van der Waals surface area contributed by atoms with Crippen LogP contribution in [0.5, 0.6) is 0 Å². The summed E-state index contributed by atoms with van der Waals surface area (Å²) in [7, 11) is 0. The minimum Gasteiger partial charge on any atom is -0.472 e. The molecular weight excluding hydrogens is 194 g/mol. The molecule has 1 atom stereocenters. The first kappa shape index (κ1) is 11.3. The normalized spacial score (nSPS) is 13.9. The zero-order chi connectivity index (χ0) is 11.3. The number of esters is 1. The lowest BCUT2D eigenvalue weighted by molar-refractivity contribution is -0.151. The maximum absolute atomic E-state index is 11.5. The fraction of sp³-hybridized carbons (Fsp3) is 0.455. The quantitative estimate of drug-likeness (QED) is 0.707. The van der Waals surface area contributed by atoms with E-state index < -0.39 is 11.4 Å². The Labute approximate surface area is 88.4 Å². The number of nitriles is 1. The van der Waals surface area contributed by atoms with Gasteiger partial charge in [0.2, 0.25) is 0 Å². The lowest BCUT2D eigenvalue weighted by atomic mass is 9.86. The summed E-state index contributed by atoms with van der Waals surface area (Å²) in [6.07, 6.45) is 3.34. The Morgan fingerprint density at radius 1 is 1.73 bits per heavy atom. The molecule has 0 bridgehead atoms. The second-order valence-electron chi connectivity index (χ2n) is 3.47. The van der Waals surface area contributed by atoms with Crippen molar-refractivity contribution in [1.82, 2.24) is 0 Å². The first-order valence-corrected chi connectivity index (χ1v) is 4.72. The molecule has 0 aliphatic rings. The topological polar surface area (TPSA) is 63.2 Å². The molecule has 0 saturated carbocycles. The molecule has 1 unspecified atom stereocenters. The number of nitrogens with zero attached hydrogens (tertiary/aromatic N) is 1. The molecule has 1 aromatic rings. The maximum Gasteiger partial charge on any atom is 0.326 e. The third kappa shape index (κ3) is 2.59. The summed E-state index contributed by atoms with van der Waals surface area (Å²) in [4.78, 5) is 11.5. The van der Waals surface area contributed by atoms with Crippen LogP contribution in [0.1, 0.15) is 19.4 Å². The predicted molar refractivity (Wildman–Crippen MR) is 52.8 cm³/mol. The van der Waals surface area contributed by atoms with Crippen LogP contribution in [-0.4, -0.2) is 12.6 Å². The fourth-order valence-electron chi connectivity index (χ4n) is 1.25. The summed E-state index contributed by atoms with van der Waals surface area (Å²) < 4.78 is 9.74. The Kier molecular flexibility index (Phi) is 3.51. The second-order valence-corrected chi connectivity index (χ2v) is 3.47. The van der Waals surface area contributed by atoms with Gasteiger partial charge in [-0.15, -0.1) is 0 Å². The predicted octanol–water partition coefficient (Wildman–Crippen LogP) is 1.92. The monoisotopic (exact) mass is 207 g/mol. The molecule has 4 nitrogen and oxygen atoms in total. The standard InChI is InChI=1S/C11H13NO3/c1-3-15-10(13)11(2,8-12)6-9-4-5-14-7-9/h4-5,7H,3,6H2,1-2H3. The Bertz CT molecular complexity index is 364. The lowest BCUT2D eigenvalue weighted by Crippen LogP contribution is -2.30. The van der Waals surface area contributed by atoms with Gasteiger partial charge in [-0.25, -0.2) is 0 Å². The van der Waals surface area contributed by atoms with Crippen molar-refractivity contribution in [2.75, 3.05) is 6.61 Å². The molecule has 0 N–H and O–H groups in total. The number of carbonyl (C=O) groups is 1. The highest BCUT2D eigenvalue weighted by atomic mass is 16.5. The fourth-order valence-corrected chi connectivity index (χ4v) is 1.25. The molecule has 0 aromatic carbocycles. The van der Waals surface area contributed by atoms with Gasteiger partial charge < -0.3 is 9.15 Å². The van der Waals surface area contributed by atoms with Crippen LogP contribution in [0.25, 0.3) is 0 Å². The van der Waals surface area contributed by atoms with Crippen LogP contribution >= 0.6 is 0 Å². The number of rotatable bonds is 4. The highest BCUT2D eigenvalue weighted by Gasteiger charge is 2.35. The zero-order valence-electron chi connectivity index (χ0n) is 8.82. The molecule has 1 heterocycles. The van der Waals surface area contributed by atoms with E-state index in [0.29, 0.717) is 6.42 Å². The van der Waals surface area contributed by atoms with E-state index in [9.17, 15) is 4.79 Å². The highest BCUT2D eigenvalue weighted by molar-refractivity contribution is 5.79. The number of ether oxygens (including phenoxy) is 1. The van der Waals surface area contributed by atoms with Gasteiger partial charge in [-0.3, -0.25) is 4.79 Å². The van der Waals surface area contributed by atoms with Gasteiger partial charge in [0.25, 0.3) is 0 Å². The molecule has 0 aliphatic carbocycles. The summed E-state index contributed by atoms with van der Waals surface area (Å²) in [5.74, 6) is -0.492. The SMILES string of the molecule is CCOC(=O)C(C)(C#N)Cc1ccoc1. The lowest BCUT2D eigenvalue weighted by Gasteiger charge is -2.18. The van der Waals surface area contributed by atoms with Crippen LogP contribution in [0.3, 0.4) is 0 Å². The largest absolute Gasteiger partial charge is 0.472 e. The minimum atomic E-state index is -1.14. The van der Waals surface area contributed by atoms with E-state index in [2.05, 4.69) is 0 Å². The van der Waals surface area contributed by atoms with Crippen LogP contribution in [0, 0.1) is 16.7 Å². The van der Waals surface area contributed by atoms with Gasteiger partial charge in [0.05, 0.1) is 25.2 Å². The van der Waals surface area contributed by atoms with Crippen molar-refractivity contribution >= 4 is 5.97 Å². The molecule has 0 radical (unpaired) electrons. The van der Waals surface area contributed by atoms with Gasteiger partial charge >= 0.3 is 5.97 Å². The summed E-state index contributed by atoms with van der Waals surface area (Å²) in [5, 5.41) is 9.00. The molecule has 1 aromatic heterocycles. The van der Waals surface area contributed by atoms with Gasteiger partial charge in [0.1, 0.15) is 0 Å². The van der Waals surface area contributed by atoms with Crippen molar-refractivity contribution in [2.24, 2.45) is 5.41 Å². The Morgan fingerprint density at radius 2 is 2.47 bits per heavy atom. The summed E-state index contributed by atoms with van der Waals surface area (Å²) in [6, 6.07) is 3.72. The number of hydrogen-bond donors (Lipinski definition) is 0. The summed E-state index contributed by atoms with van der Waals surface area (Å²) in [6.45, 7) is 3.56. The molecule has 1 rings (SSSR count). The van der Waals surface area contributed by atoms with Crippen molar-refractivity contribution < 1.29 is 13.9 Å². The van der Waals surface area contributed by atoms with E-state index in [-0.39, 0.29) is 6.61 Å². The van der Waals surface area contributed by atoms with Crippen LogP contribution in [0.2, 0.25) is 0 Å². The Hall–Kier alpha value is -1.76. The number of hydrogen-bond acceptors (Lipinski definition) is 4. The molecule has 0 amide bonds. The van der Waals surface area contributed by atoms with E-state index in [1.54, 1.807) is 19.9 Å². The molecule has 4 heteroatoms. The number of carbonyl (C=O) groups excluding carboxylic acids is 1. The van der Waals surface area contributed by atoms with Gasteiger partial charge in [0, 0.05) is 6.42 Å². The first-order chi connectivity index (χ1) is 7.12. The van der Waals surface area contributed by atoms with Crippen LogP contribution in [0.15, 0.2) is 23.0 Å². The highest BCUT2D eigenvalue weighted by Crippen LogP contribution is 2.23. The molecular formula is C11H13NO3. The molecule has 15 heavy (non-hydrogen) atoms. The van der Waals surface area contributed by atoms with Gasteiger partial charge in [-0.1, -0.05) is 0 Å². The van der Waals surface area contributed by atoms with E-state index in [0.717, 1.165) is 5.56 Å². The minimum absolute atomic E-state index is 0.279. The van der Waals surface area contributed by atoms with Crippen molar-refractivity contribution in [1.29, 1.82) is 5.26 Å². The molecule has 0 aliphatic heterocycles. The zero-order valence-corrected chi connectivity index (χ0v) is 8.82. The van der Waals surface area contributed by atoms with Crippen molar-refractivity contribution in [3.8, 4) is 6.07 Å². The third-order valence-electron chi connectivity index (χ3n) is 2.11. The molecule has 0 fully saturated rings. The van der Waals surface area contributed by atoms with Crippen LogP contribution < -0.4 is 0 Å². The van der Waals surface area contributed by atoms with Crippen LogP contribution in [0.4, 0.5) is 0 Å². The van der Waals surface area contributed by atoms with Crippen molar-refractivity contribution in [2.45, 2.75) is 20.3 Å². The Balaban J connectivity index is 2.78. The molecule has 0 spiro atoms. The number of furan rings is 1. The van der Waals surface area contributed by atoms with E-state index in [1.165, 1.54) is 12.5 Å². The third-order valence-corrected chi connectivity index (χ3v) is 2.11. The second kappa shape index (κ2) is 4.65. The van der Waals surface area contributed by atoms with Gasteiger partial charge in [-0.05, 0) is 25.5 Å².